The summed E-state index contributed by atoms with van der Waals surface area (Å²) in [7, 11) is 0. The average Bonchev–Trinajstić information content (AvgIpc) is 2.47. The monoisotopic (exact) mass is 278 g/mol. The van der Waals surface area contributed by atoms with Crippen molar-refractivity contribution in [3.8, 4) is 0 Å². The number of nitrogens with two attached hydrogens (primary N) is 1. The molecule has 0 spiro atoms. The van der Waals surface area contributed by atoms with Gasteiger partial charge < -0.3 is 20.6 Å². The molecule has 0 bridgehead atoms. The van der Waals surface area contributed by atoms with Crippen molar-refractivity contribution in [1.82, 2.24) is 4.98 Å². The van der Waals surface area contributed by atoms with Crippen molar-refractivity contribution < 1.29 is 9.94 Å². The standard InChI is InChI=1S/C14H22N4O2/c1-3-20-12-4-6-18(7-5-12)13-9-11(14(15)17-19)8-10(2)16-13/h8-9,12,19H,3-7H2,1-2H3,(H2,15,17). The topological polar surface area (TPSA) is 84.0 Å². The lowest BCUT2D eigenvalue weighted by atomic mass is 10.1. The first-order valence-corrected chi connectivity index (χ1v) is 6.97. The summed E-state index contributed by atoms with van der Waals surface area (Å²) >= 11 is 0. The van der Waals surface area contributed by atoms with Gasteiger partial charge in [-0.2, -0.15) is 0 Å². The second-order valence-electron chi connectivity index (χ2n) is 4.98. The number of anilines is 1. The number of rotatable bonds is 4. The number of aryl methyl sites for hydroxylation is 1. The highest BCUT2D eigenvalue weighted by molar-refractivity contribution is 5.97. The molecule has 0 amide bonds. The van der Waals surface area contributed by atoms with Crippen LogP contribution in [0.2, 0.25) is 0 Å². The highest BCUT2D eigenvalue weighted by atomic mass is 16.5. The molecule has 1 aliphatic rings. The molecule has 2 heterocycles. The molecule has 3 N–H and O–H groups in total. The number of amidine groups is 1. The molecule has 0 aromatic carbocycles. The molecule has 1 aromatic heterocycles. The molecule has 2 rings (SSSR count). The van der Waals surface area contributed by atoms with Gasteiger partial charge in [0.2, 0.25) is 0 Å². The Bertz CT molecular complexity index is 482. The predicted molar refractivity (Wildman–Crippen MR) is 78.3 cm³/mol. The maximum Gasteiger partial charge on any atom is 0.170 e. The van der Waals surface area contributed by atoms with Crippen LogP contribution in [0.3, 0.4) is 0 Å². The van der Waals surface area contributed by atoms with Crippen LogP contribution in [-0.4, -0.2) is 41.8 Å². The first-order chi connectivity index (χ1) is 9.63. The van der Waals surface area contributed by atoms with Crippen LogP contribution in [0.15, 0.2) is 17.3 Å². The fourth-order valence-corrected chi connectivity index (χ4v) is 2.51. The van der Waals surface area contributed by atoms with E-state index in [-0.39, 0.29) is 5.84 Å². The Morgan fingerprint density at radius 1 is 1.50 bits per heavy atom. The van der Waals surface area contributed by atoms with E-state index in [0.717, 1.165) is 44.0 Å². The minimum Gasteiger partial charge on any atom is -0.409 e. The Morgan fingerprint density at radius 2 is 2.20 bits per heavy atom. The summed E-state index contributed by atoms with van der Waals surface area (Å²) in [5.74, 6) is 0.988. The zero-order chi connectivity index (χ0) is 14.5. The molecule has 6 nitrogen and oxygen atoms in total. The van der Waals surface area contributed by atoms with Crippen LogP contribution in [0.1, 0.15) is 31.0 Å². The summed E-state index contributed by atoms with van der Waals surface area (Å²) in [6, 6.07) is 3.68. The molecule has 0 radical (unpaired) electrons. The van der Waals surface area contributed by atoms with Gasteiger partial charge in [0.15, 0.2) is 5.84 Å². The summed E-state index contributed by atoms with van der Waals surface area (Å²) in [6.07, 6.45) is 2.36. The van der Waals surface area contributed by atoms with E-state index in [4.69, 9.17) is 15.7 Å². The van der Waals surface area contributed by atoms with Crippen molar-refractivity contribution >= 4 is 11.7 Å². The molecular weight excluding hydrogens is 256 g/mol. The maximum atomic E-state index is 8.79. The Balaban J connectivity index is 2.12. The molecule has 6 heteroatoms. The van der Waals surface area contributed by atoms with Crippen LogP contribution in [0.4, 0.5) is 5.82 Å². The van der Waals surface area contributed by atoms with E-state index in [0.29, 0.717) is 11.7 Å². The lowest BCUT2D eigenvalue weighted by molar-refractivity contribution is 0.0458. The van der Waals surface area contributed by atoms with Crippen LogP contribution in [0.5, 0.6) is 0 Å². The number of hydrogen-bond donors (Lipinski definition) is 2. The van der Waals surface area contributed by atoms with Gasteiger partial charge in [-0.25, -0.2) is 4.98 Å². The lowest BCUT2D eigenvalue weighted by Gasteiger charge is -2.32. The van der Waals surface area contributed by atoms with Gasteiger partial charge in [0.25, 0.3) is 0 Å². The van der Waals surface area contributed by atoms with Gasteiger partial charge in [0.1, 0.15) is 5.82 Å². The van der Waals surface area contributed by atoms with Crippen molar-refractivity contribution in [2.75, 3.05) is 24.6 Å². The Hall–Kier alpha value is -1.82. The van der Waals surface area contributed by atoms with Crippen molar-refractivity contribution in [2.24, 2.45) is 10.9 Å². The molecule has 1 saturated heterocycles. The van der Waals surface area contributed by atoms with Gasteiger partial charge in [-0.1, -0.05) is 5.16 Å². The maximum absolute atomic E-state index is 8.79. The third kappa shape index (κ3) is 3.39. The molecule has 0 unspecified atom stereocenters. The van der Waals surface area contributed by atoms with Gasteiger partial charge in [0, 0.05) is 31.0 Å². The number of oxime groups is 1. The molecule has 20 heavy (non-hydrogen) atoms. The second-order valence-corrected chi connectivity index (χ2v) is 4.98. The Labute approximate surface area is 119 Å². The lowest BCUT2D eigenvalue weighted by Crippen LogP contribution is -2.37. The van der Waals surface area contributed by atoms with Gasteiger partial charge in [0.05, 0.1) is 6.10 Å². The van der Waals surface area contributed by atoms with Crippen molar-refractivity contribution in [2.45, 2.75) is 32.8 Å². The number of hydrogen-bond acceptors (Lipinski definition) is 5. The zero-order valence-electron chi connectivity index (χ0n) is 12.0. The van der Waals surface area contributed by atoms with Crippen molar-refractivity contribution in [3.63, 3.8) is 0 Å². The van der Waals surface area contributed by atoms with Crippen LogP contribution >= 0.6 is 0 Å². The first-order valence-electron chi connectivity index (χ1n) is 6.97. The fraction of sp³-hybridized carbons (Fsp3) is 0.571. The highest BCUT2D eigenvalue weighted by Gasteiger charge is 2.21. The summed E-state index contributed by atoms with van der Waals surface area (Å²) in [5.41, 5.74) is 7.21. The summed E-state index contributed by atoms with van der Waals surface area (Å²) in [6.45, 7) is 6.52. The number of ether oxygens (including phenoxy) is 1. The molecule has 1 aromatic rings. The average molecular weight is 278 g/mol. The third-order valence-electron chi connectivity index (χ3n) is 3.51. The molecule has 0 aliphatic carbocycles. The Morgan fingerprint density at radius 3 is 2.80 bits per heavy atom. The first kappa shape index (κ1) is 14.6. The predicted octanol–water partition coefficient (Wildman–Crippen LogP) is 1.49. The molecule has 110 valence electrons. The number of piperidine rings is 1. The molecular formula is C14H22N4O2. The highest BCUT2D eigenvalue weighted by Crippen LogP contribution is 2.21. The van der Waals surface area contributed by atoms with Gasteiger partial charge in [-0.3, -0.25) is 0 Å². The van der Waals surface area contributed by atoms with Crippen molar-refractivity contribution in [3.05, 3.63) is 23.4 Å². The molecule has 1 fully saturated rings. The number of nitrogens with zero attached hydrogens (tertiary/aromatic N) is 3. The minimum absolute atomic E-state index is 0.112. The summed E-state index contributed by atoms with van der Waals surface area (Å²) in [5, 5.41) is 11.8. The van der Waals surface area contributed by atoms with Crippen LogP contribution in [0, 0.1) is 6.92 Å². The summed E-state index contributed by atoms with van der Waals surface area (Å²) < 4.78 is 5.65. The van der Waals surface area contributed by atoms with Gasteiger partial charge >= 0.3 is 0 Å². The van der Waals surface area contributed by atoms with E-state index in [1.807, 2.05) is 26.0 Å². The van der Waals surface area contributed by atoms with Crippen LogP contribution < -0.4 is 10.6 Å². The second kappa shape index (κ2) is 6.56. The van der Waals surface area contributed by atoms with Crippen molar-refractivity contribution in [1.29, 1.82) is 0 Å². The van der Waals surface area contributed by atoms with E-state index in [2.05, 4.69) is 15.0 Å². The normalized spacial score (nSPS) is 17.5. The Kier molecular flexibility index (Phi) is 4.79. The van der Waals surface area contributed by atoms with Crippen LogP contribution in [-0.2, 0) is 4.74 Å². The van der Waals surface area contributed by atoms with E-state index in [9.17, 15) is 0 Å². The van der Waals surface area contributed by atoms with Gasteiger partial charge in [-0.15, -0.1) is 0 Å². The third-order valence-corrected chi connectivity index (χ3v) is 3.51. The largest absolute Gasteiger partial charge is 0.409 e. The van der Waals surface area contributed by atoms with E-state index in [1.165, 1.54) is 0 Å². The minimum atomic E-state index is 0.112. The summed E-state index contributed by atoms with van der Waals surface area (Å²) in [4.78, 5) is 6.76. The smallest absolute Gasteiger partial charge is 0.170 e. The number of aromatic nitrogens is 1. The van der Waals surface area contributed by atoms with Crippen LogP contribution in [0.25, 0.3) is 0 Å². The number of pyridine rings is 1. The molecule has 0 saturated carbocycles. The fourth-order valence-electron chi connectivity index (χ4n) is 2.51. The van der Waals surface area contributed by atoms with Gasteiger partial charge in [-0.05, 0) is 38.8 Å². The molecule has 0 atom stereocenters. The van der Waals surface area contributed by atoms with E-state index >= 15 is 0 Å². The van der Waals surface area contributed by atoms with E-state index in [1.54, 1.807) is 0 Å². The SMILES string of the molecule is CCOC1CCN(c2cc(/C(N)=N/O)cc(C)n2)CC1. The quantitative estimate of drug-likeness (QED) is 0.377. The zero-order valence-corrected chi connectivity index (χ0v) is 12.0. The van der Waals surface area contributed by atoms with E-state index < -0.39 is 0 Å². The molecule has 1 aliphatic heterocycles.